The number of aliphatic hydroxyl groups is 1. The van der Waals surface area contributed by atoms with Crippen molar-refractivity contribution in [1.29, 1.82) is 0 Å². The molecule has 1 heterocycles. The molecule has 1 saturated heterocycles. The second-order valence-corrected chi connectivity index (χ2v) is 4.95. The molecule has 2 rings (SSSR count). The van der Waals surface area contributed by atoms with E-state index in [1.807, 2.05) is 0 Å². The Hall–Kier alpha value is -0.330. The fourth-order valence-corrected chi connectivity index (χ4v) is 2.51. The van der Waals surface area contributed by atoms with Gasteiger partial charge in [-0.1, -0.05) is 0 Å². The van der Waals surface area contributed by atoms with Crippen molar-refractivity contribution in [3.05, 3.63) is 0 Å². The van der Waals surface area contributed by atoms with Crippen molar-refractivity contribution >= 4 is 0 Å². The van der Waals surface area contributed by atoms with Gasteiger partial charge in [-0.3, -0.25) is 0 Å². The van der Waals surface area contributed by atoms with Crippen molar-refractivity contribution in [1.82, 2.24) is 0 Å². The first-order chi connectivity index (χ1) is 7.83. The number of halogens is 3. The Bertz CT molecular complexity index is 262. The third kappa shape index (κ3) is 3.33. The average Bonchev–Trinajstić information content (AvgIpc) is 2.69. The molecule has 2 aliphatic rings. The Kier molecular flexibility index (Phi) is 3.40. The standard InChI is InChI=1S/C11H17F3O3/c12-11(13,14)6-3-9(15)1-4-10(5-2-9)16-7-8-17-10/h15H,1-8H2. The summed E-state index contributed by atoms with van der Waals surface area (Å²) in [6.45, 7) is 1.06. The van der Waals surface area contributed by atoms with Gasteiger partial charge in [0, 0.05) is 19.3 Å². The average molecular weight is 254 g/mol. The van der Waals surface area contributed by atoms with Crippen LogP contribution in [0.5, 0.6) is 0 Å². The number of ether oxygens (including phenoxy) is 2. The van der Waals surface area contributed by atoms with Crippen molar-refractivity contribution < 1.29 is 27.8 Å². The molecular formula is C11H17F3O3. The van der Waals surface area contributed by atoms with Crippen LogP contribution in [-0.4, -0.2) is 35.9 Å². The number of hydrogen-bond acceptors (Lipinski definition) is 3. The Labute approximate surface area is 97.9 Å². The molecule has 0 aromatic heterocycles. The van der Waals surface area contributed by atoms with Gasteiger partial charge in [-0.15, -0.1) is 0 Å². The fourth-order valence-electron chi connectivity index (χ4n) is 2.51. The summed E-state index contributed by atoms with van der Waals surface area (Å²) in [4.78, 5) is 0. The van der Waals surface area contributed by atoms with E-state index in [0.29, 0.717) is 38.9 Å². The maximum atomic E-state index is 12.1. The molecule has 6 heteroatoms. The zero-order chi connectivity index (χ0) is 12.6. The zero-order valence-electron chi connectivity index (χ0n) is 9.55. The van der Waals surface area contributed by atoms with E-state index in [0.717, 1.165) is 0 Å². The van der Waals surface area contributed by atoms with E-state index in [-0.39, 0.29) is 6.42 Å². The molecule has 2 fully saturated rings. The number of hydrogen-bond donors (Lipinski definition) is 1. The highest BCUT2D eigenvalue weighted by molar-refractivity contribution is 4.91. The van der Waals surface area contributed by atoms with Crippen LogP contribution in [0.3, 0.4) is 0 Å². The van der Waals surface area contributed by atoms with Crippen molar-refractivity contribution in [2.24, 2.45) is 0 Å². The molecule has 0 radical (unpaired) electrons. The summed E-state index contributed by atoms with van der Waals surface area (Å²) in [6, 6.07) is 0. The van der Waals surface area contributed by atoms with Gasteiger partial charge in [0.15, 0.2) is 5.79 Å². The quantitative estimate of drug-likeness (QED) is 0.822. The summed E-state index contributed by atoms with van der Waals surface area (Å²) in [5.74, 6) is -0.634. The monoisotopic (exact) mass is 254 g/mol. The van der Waals surface area contributed by atoms with Crippen molar-refractivity contribution in [3.8, 4) is 0 Å². The van der Waals surface area contributed by atoms with Crippen molar-refractivity contribution in [3.63, 3.8) is 0 Å². The second kappa shape index (κ2) is 4.40. The van der Waals surface area contributed by atoms with Gasteiger partial charge in [-0.2, -0.15) is 13.2 Å². The maximum Gasteiger partial charge on any atom is 0.389 e. The topological polar surface area (TPSA) is 38.7 Å². The summed E-state index contributed by atoms with van der Waals surface area (Å²) in [5, 5.41) is 10.1. The highest BCUT2D eigenvalue weighted by Gasteiger charge is 2.46. The van der Waals surface area contributed by atoms with Crippen LogP contribution in [-0.2, 0) is 9.47 Å². The first kappa shape index (κ1) is 13.1. The zero-order valence-corrected chi connectivity index (χ0v) is 9.55. The summed E-state index contributed by atoms with van der Waals surface area (Å²) in [7, 11) is 0. The van der Waals surface area contributed by atoms with Crippen LogP contribution in [0.2, 0.25) is 0 Å². The Balaban J connectivity index is 1.84. The van der Waals surface area contributed by atoms with Gasteiger partial charge >= 0.3 is 6.18 Å². The predicted octanol–water partition coefficient (Wildman–Crippen LogP) is 2.38. The van der Waals surface area contributed by atoms with Gasteiger partial charge < -0.3 is 14.6 Å². The largest absolute Gasteiger partial charge is 0.390 e. The second-order valence-electron chi connectivity index (χ2n) is 4.95. The molecule has 1 N–H and O–H groups in total. The first-order valence-electron chi connectivity index (χ1n) is 5.90. The van der Waals surface area contributed by atoms with E-state index in [4.69, 9.17) is 9.47 Å². The molecule has 0 amide bonds. The van der Waals surface area contributed by atoms with Crippen LogP contribution in [0.15, 0.2) is 0 Å². The van der Waals surface area contributed by atoms with Crippen LogP contribution in [0, 0.1) is 0 Å². The molecule has 100 valence electrons. The minimum Gasteiger partial charge on any atom is -0.390 e. The van der Waals surface area contributed by atoms with E-state index >= 15 is 0 Å². The van der Waals surface area contributed by atoms with E-state index < -0.39 is 24.0 Å². The Morgan fingerprint density at radius 2 is 1.53 bits per heavy atom. The van der Waals surface area contributed by atoms with Gasteiger partial charge in [0.25, 0.3) is 0 Å². The minimum absolute atomic E-state index is 0.230. The molecule has 17 heavy (non-hydrogen) atoms. The lowest BCUT2D eigenvalue weighted by Gasteiger charge is -2.40. The van der Waals surface area contributed by atoms with Gasteiger partial charge in [0.1, 0.15) is 0 Å². The molecule has 0 aromatic rings. The van der Waals surface area contributed by atoms with Crippen molar-refractivity contribution in [2.45, 2.75) is 56.1 Å². The highest BCUT2D eigenvalue weighted by Crippen LogP contribution is 2.43. The van der Waals surface area contributed by atoms with E-state index in [9.17, 15) is 18.3 Å². The fraction of sp³-hybridized carbons (Fsp3) is 1.00. The van der Waals surface area contributed by atoms with Crippen molar-refractivity contribution in [2.75, 3.05) is 13.2 Å². The van der Waals surface area contributed by atoms with Gasteiger partial charge in [0.2, 0.25) is 0 Å². The molecule has 1 aliphatic carbocycles. The molecule has 0 bridgehead atoms. The van der Waals surface area contributed by atoms with Crippen LogP contribution < -0.4 is 0 Å². The molecule has 0 unspecified atom stereocenters. The number of alkyl halides is 3. The molecule has 1 spiro atoms. The third-order valence-corrected chi connectivity index (χ3v) is 3.63. The molecule has 0 atom stereocenters. The number of rotatable bonds is 2. The molecule has 1 aliphatic heterocycles. The lowest BCUT2D eigenvalue weighted by molar-refractivity contribution is -0.208. The maximum absolute atomic E-state index is 12.1. The Morgan fingerprint density at radius 3 is 2.00 bits per heavy atom. The van der Waals surface area contributed by atoms with E-state index in [2.05, 4.69) is 0 Å². The highest BCUT2D eigenvalue weighted by atomic mass is 19.4. The summed E-state index contributed by atoms with van der Waals surface area (Å²) in [5.41, 5.74) is -1.21. The first-order valence-corrected chi connectivity index (χ1v) is 5.90. The van der Waals surface area contributed by atoms with Crippen LogP contribution in [0.25, 0.3) is 0 Å². The van der Waals surface area contributed by atoms with E-state index in [1.165, 1.54) is 0 Å². The molecule has 1 saturated carbocycles. The smallest absolute Gasteiger partial charge is 0.389 e. The third-order valence-electron chi connectivity index (χ3n) is 3.63. The van der Waals surface area contributed by atoms with Crippen LogP contribution >= 0.6 is 0 Å². The molecule has 0 aromatic carbocycles. The lowest BCUT2D eigenvalue weighted by Crippen LogP contribution is -2.44. The lowest BCUT2D eigenvalue weighted by atomic mass is 9.78. The van der Waals surface area contributed by atoms with Gasteiger partial charge in [0.05, 0.1) is 18.8 Å². The van der Waals surface area contributed by atoms with Crippen LogP contribution in [0.1, 0.15) is 38.5 Å². The van der Waals surface area contributed by atoms with Crippen LogP contribution in [0.4, 0.5) is 13.2 Å². The van der Waals surface area contributed by atoms with E-state index in [1.54, 1.807) is 0 Å². The summed E-state index contributed by atoms with van der Waals surface area (Å²) in [6.07, 6.45) is -3.80. The summed E-state index contributed by atoms with van der Waals surface area (Å²) >= 11 is 0. The van der Waals surface area contributed by atoms with Gasteiger partial charge in [-0.25, -0.2) is 0 Å². The molecule has 3 nitrogen and oxygen atoms in total. The summed E-state index contributed by atoms with van der Waals surface area (Å²) < 4.78 is 47.3. The predicted molar refractivity (Wildman–Crippen MR) is 53.3 cm³/mol. The SMILES string of the molecule is OC1(CCC(F)(F)F)CCC2(CC1)OCCO2. The van der Waals surface area contributed by atoms with Gasteiger partial charge in [-0.05, 0) is 19.3 Å². The molecular weight excluding hydrogens is 237 g/mol. The normalized spacial score (nSPS) is 27.5. The minimum atomic E-state index is -4.20. The Morgan fingerprint density at radius 1 is 1.00 bits per heavy atom.